The van der Waals surface area contributed by atoms with Crippen LogP contribution >= 0.6 is 11.9 Å². The van der Waals surface area contributed by atoms with E-state index in [1.54, 1.807) is 11.9 Å². The highest BCUT2D eigenvalue weighted by Gasteiger charge is 2.25. The van der Waals surface area contributed by atoms with Gasteiger partial charge in [0.05, 0.1) is 24.1 Å². The number of anilines is 2. The van der Waals surface area contributed by atoms with Crippen molar-refractivity contribution in [3.8, 4) is 5.75 Å². The molecule has 2 aliphatic rings. The third kappa shape index (κ3) is 3.40. The average Bonchev–Trinajstić information content (AvgIpc) is 2.53. The van der Waals surface area contributed by atoms with E-state index in [0.29, 0.717) is 12.2 Å². The van der Waals surface area contributed by atoms with E-state index in [-0.39, 0.29) is 0 Å². The molecule has 0 saturated carbocycles. The minimum Gasteiger partial charge on any atom is -0.490 e. The molecule has 2 aliphatic heterocycles. The van der Waals surface area contributed by atoms with Crippen molar-refractivity contribution in [3.63, 3.8) is 0 Å². The van der Waals surface area contributed by atoms with Gasteiger partial charge in [-0.05, 0) is 44.3 Å². The summed E-state index contributed by atoms with van der Waals surface area (Å²) in [5, 5.41) is 3.54. The number of nitrogens with zero attached hydrogens (tertiary/aromatic N) is 1. The Labute approximate surface area is 132 Å². The Bertz CT molecular complexity index is 479. The molecule has 0 saturated heterocycles. The molecular formula is C16H27N3OS. The van der Waals surface area contributed by atoms with E-state index in [4.69, 9.17) is 4.74 Å². The maximum atomic E-state index is 5.81. The molecule has 0 radical (unpaired) electrons. The van der Waals surface area contributed by atoms with Gasteiger partial charge < -0.3 is 15.0 Å². The number of rotatable bonds is 2. The maximum Gasteiger partial charge on any atom is 0.144 e. The van der Waals surface area contributed by atoms with Crippen molar-refractivity contribution in [2.75, 3.05) is 23.4 Å². The lowest BCUT2D eigenvalue weighted by atomic mass is 10.1. The molecule has 2 N–H and O–H groups in total. The van der Waals surface area contributed by atoms with Gasteiger partial charge in [0.1, 0.15) is 12.4 Å². The molecule has 4 nitrogen and oxygen atoms in total. The van der Waals surface area contributed by atoms with Crippen molar-refractivity contribution in [2.24, 2.45) is 0 Å². The zero-order valence-corrected chi connectivity index (χ0v) is 14.5. The number of ether oxygens (including phenoxy) is 1. The first-order valence-corrected chi connectivity index (χ1v) is 8.77. The van der Waals surface area contributed by atoms with E-state index in [2.05, 4.69) is 47.8 Å². The van der Waals surface area contributed by atoms with Gasteiger partial charge in [-0.25, -0.2) is 4.72 Å². The Balaban J connectivity index is 0.000000774. The first-order chi connectivity index (χ1) is 10.2. The molecule has 1 unspecified atom stereocenters. The first-order valence-electron chi connectivity index (χ1n) is 7.95. The minimum absolute atomic E-state index is 0.340. The lowest BCUT2D eigenvalue weighted by Gasteiger charge is -2.36. The van der Waals surface area contributed by atoms with Gasteiger partial charge in [0, 0.05) is 10.9 Å². The van der Waals surface area contributed by atoms with Gasteiger partial charge in [-0.15, -0.1) is 0 Å². The van der Waals surface area contributed by atoms with Gasteiger partial charge in [-0.1, -0.05) is 20.8 Å². The molecule has 0 fully saturated rings. The van der Waals surface area contributed by atoms with Crippen LogP contribution in [0.1, 0.15) is 41.0 Å². The summed E-state index contributed by atoms with van der Waals surface area (Å²) in [6, 6.07) is 4.88. The van der Waals surface area contributed by atoms with Crippen molar-refractivity contribution < 1.29 is 4.74 Å². The fourth-order valence-electron chi connectivity index (χ4n) is 2.53. The second-order valence-electron chi connectivity index (χ2n) is 5.28. The summed E-state index contributed by atoms with van der Waals surface area (Å²) in [7, 11) is 0. The molecule has 0 amide bonds. The van der Waals surface area contributed by atoms with Gasteiger partial charge in [0.25, 0.3) is 0 Å². The number of hydrogen-bond acceptors (Lipinski definition) is 5. The number of nitrogens with one attached hydrogen (secondary N) is 2. The van der Waals surface area contributed by atoms with Gasteiger partial charge >= 0.3 is 0 Å². The molecule has 118 valence electrons. The SMILES string of the molecule is CC.CCC1NSc2cc3c(cc2N1)N(C(C)C)CCO3. The van der Waals surface area contributed by atoms with Gasteiger partial charge in [0.15, 0.2) is 0 Å². The van der Waals surface area contributed by atoms with E-state index in [1.807, 2.05) is 13.8 Å². The van der Waals surface area contributed by atoms with Gasteiger partial charge in [-0.3, -0.25) is 0 Å². The Morgan fingerprint density at radius 1 is 1.38 bits per heavy atom. The summed E-state index contributed by atoms with van der Waals surface area (Å²) in [4.78, 5) is 3.63. The summed E-state index contributed by atoms with van der Waals surface area (Å²) in [5.74, 6) is 1.00. The number of hydrogen-bond donors (Lipinski definition) is 2. The van der Waals surface area contributed by atoms with E-state index < -0.39 is 0 Å². The topological polar surface area (TPSA) is 36.5 Å². The van der Waals surface area contributed by atoms with E-state index in [9.17, 15) is 0 Å². The molecule has 5 heteroatoms. The molecule has 1 aromatic rings. The van der Waals surface area contributed by atoms with Crippen molar-refractivity contribution in [1.29, 1.82) is 0 Å². The predicted molar refractivity (Wildman–Crippen MR) is 92.5 cm³/mol. The third-order valence-corrected chi connectivity index (χ3v) is 4.59. The Morgan fingerprint density at radius 3 is 2.81 bits per heavy atom. The summed E-state index contributed by atoms with van der Waals surface area (Å²) in [6.45, 7) is 12.4. The number of benzene rings is 1. The van der Waals surface area contributed by atoms with Crippen LogP contribution in [-0.2, 0) is 0 Å². The smallest absolute Gasteiger partial charge is 0.144 e. The minimum atomic E-state index is 0.340. The molecular weight excluding hydrogens is 282 g/mol. The Hall–Kier alpha value is -1.07. The summed E-state index contributed by atoms with van der Waals surface area (Å²) in [6.07, 6.45) is 1.40. The van der Waals surface area contributed by atoms with Crippen LogP contribution in [0.5, 0.6) is 5.75 Å². The lowest BCUT2D eigenvalue weighted by Crippen LogP contribution is -2.39. The predicted octanol–water partition coefficient (Wildman–Crippen LogP) is 4.08. The van der Waals surface area contributed by atoms with E-state index in [1.165, 1.54) is 16.3 Å². The largest absolute Gasteiger partial charge is 0.490 e. The van der Waals surface area contributed by atoms with Crippen molar-refractivity contribution in [2.45, 2.75) is 58.1 Å². The molecule has 2 heterocycles. The zero-order valence-electron chi connectivity index (χ0n) is 13.7. The molecule has 21 heavy (non-hydrogen) atoms. The second kappa shape index (κ2) is 7.27. The Morgan fingerprint density at radius 2 is 2.14 bits per heavy atom. The fourth-order valence-corrected chi connectivity index (χ4v) is 3.42. The van der Waals surface area contributed by atoms with Crippen LogP contribution in [0.4, 0.5) is 11.4 Å². The normalized spacial score (nSPS) is 19.7. The van der Waals surface area contributed by atoms with Crippen LogP contribution in [0.25, 0.3) is 0 Å². The second-order valence-corrected chi connectivity index (χ2v) is 6.16. The highest BCUT2D eigenvalue weighted by atomic mass is 32.2. The first kappa shape index (κ1) is 16.3. The van der Waals surface area contributed by atoms with Crippen molar-refractivity contribution >= 4 is 23.3 Å². The summed E-state index contributed by atoms with van der Waals surface area (Å²) >= 11 is 1.69. The summed E-state index contributed by atoms with van der Waals surface area (Å²) in [5.41, 5.74) is 2.43. The number of fused-ring (bicyclic) bond motifs is 2. The molecule has 0 spiro atoms. The molecule has 1 aromatic carbocycles. The molecule has 0 bridgehead atoms. The van der Waals surface area contributed by atoms with E-state index in [0.717, 1.165) is 25.3 Å². The van der Waals surface area contributed by atoms with Crippen LogP contribution in [0, 0.1) is 0 Å². The van der Waals surface area contributed by atoms with Crippen LogP contribution in [-0.4, -0.2) is 25.4 Å². The van der Waals surface area contributed by atoms with Crippen LogP contribution < -0.4 is 19.7 Å². The van der Waals surface area contributed by atoms with Crippen LogP contribution in [0.3, 0.4) is 0 Å². The van der Waals surface area contributed by atoms with E-state index >= 15 is 0 Å². The van der Waals surface area contributed by atoms with Gasteiger partial charge in [0.2, 0.25) is 0 Å². The third-order valence-electron chi connectivity index (χ3n) is 3.63. The van der Waals surface area contributed by atoms with Crippen molar-refractivity contribution in [1.82, 2.24) is 4.72 Å². The standard InChI is InChI=1S/C14H21N3OS.C2H6/c1-4-14-15-10-7-11-12(8-13(10)19-16-14)18-6-5-17(11)9(2)3;1-2/h7-9,14-16H,4-6H2,1-3H3;1-2H3. The highest BCUT2D eigenvalue weighted by molar-refractivity contribution is 7.97. The van der Waals surface area contributed by atoms with Crippen LogP contribution in [0.2, 0.25) is 0 Å². The quantitative estimate of drug-likeness (QED) is 0.805. The summed E-state index contributed by atoms with van der Waals surface area (Å²) < 4.78 is 9.21. The average molecular weight is 309 g/mol. The monoisotopic (exact) mass is 309 g/mol. The Kier molecular flexibility index (Phi) is 5.65. The fraction of sp³-hybridized carbons (Fsp3) is 0.625. The van der Waals surface area contributed by atoms with Gasteiger partial charge in [-0.2, -0.15) is 0 Å². The maximum absolute atomic E-state index is 5.81. The molecule has 1 atom stereocenters. The molecule has 0 aromatic heterocycles. The zero-order chi connectivity index (χ0) is 15.4. The lowest BCUT2D eigenvalue weighted by molar-refractivity contribution is 0.302. The molecule has 0 aliphatic carbocycles. The van der Waals surface area contributed by atoms with Crippen LogP contribution in [0.15, 0.2) is 17.0 Å². The highest BCUT2D eigenvalue weighted by Crippen LogP contribution is 2.42. The molecule has 3 rings (SSSR count). The van der Waals surface area contributed by atoms with Crippen molar-refractivity contribution in [3.05, 3.63) is 12.1 Å².